The predicted molar refractivity (Wildman–Crippen MR) is 123 cm³/mol. The summed E-state index contributed by atoms with van der Waals surface area (Å²) in [6, 6.07) is 6.12. The fraction of sp³-hybridized carbons (Fsp3) is 0.458. The van der Waals surface area contributed by atoms with Crippen molar-refractivity contribution in [2.75, 3.05) is 13.3 Å². The van der Waals surface area contributed by atoms with Crippen molar-refractivity contribution < 1.29 is 14.3 Å². The van der Waals surface area contributed by atoms with Gasteiger partial charge in [0.1, 0.15) is 11.5 Å². The molecule has 1 aromatic carbocycles. The van der Waals surface area contributed by atoms with Gasteiger partial charge in [-0.05, 0) is 30.5 Å². The van der Waals surface area contributed by atoms with Crippen LogP contribution in [0.5, 0.6) is 11.5 Å². The molecule has 0 aliphatic carbocycles. The van der Waals surface area contributed by atoms with Gasteiger partial charge in [0, 0.05) is 30.8 Å². The lowest BCUT2D eigenvalue weighted by Gasteiger charge is -2.29. The Morgan fingerprint density at radius 2 is 2.00 bits per heavy atom. The molecule has 8 heteroatoms. The van der Waals surface area contributed by atoms with E-state index in [0.717, 1.165) is 59.5 Å². The van der Waals surface area contributed by atoms with E-state index < -0.39 is 0 Å². The third-order valence-electron chi connectivity index (χ3n) is 6.10. The van der Waals surface area contributed by atoms with Gasteiger partial charge in [-0.2, -0.15) is 0 Å². The van der Waals surface area contributed by atoms with Crippen molar-refractivity contribution in [2.24, 2.45) is 0 Å². The predicted octanol–water partition coefficient (Wildman–Crippen LogP) is 4.20. The van der Waals surface area contributed by atoms with E-state index >= 15 is 0 Å². The number of carbonyl (C=O) groups is 1. The lowest BCUT2D eigenvalue weighted by atomic mass is 10.1. The second kappa shape index (κ2) is 8.58. The standard InChI is InChI=1S/C24H28N4O3S/c1-4-17-19-12-27(24(29)18-13-32-23(26-18)15(2)3)9-10-28(19)22(25-17)8-6-16-5-7-20-21(11-16)31-14-30-20/h5,7,11,13,15H,4,6,8-10,12,14H2,1-3H3. The normalized spacial score (nSPS) is 14.8. The molecule has 4 heterocycles. The molecule has 2 aliphatic heterocycles. The first kappa shape index (κ1) is 21.0. The molecule has 3 aromatic rings. The Labute approximate surface area is 192 Å². The van der Waals surface area contributed by atoms with Crippen molar-refractivity contribution in [3.63, 3.8) is 0 Å². The smallest absolute Gasteiger partial charge is 0.273 e. The summed E-state index contributed by atoms with van der Waals surface area (Å²) in [5.74, 6) is 3.08. The summed E-state index contributed by atoms with van der Waals surface area (Å²) in [6.07, 6.45) is 2.59. The number of imidazole rings is 1. The number of aryl methyl sites for hydroxylation is 3. The minimum Gasteiger partial charge on any atom is -0.454 e. The van der Waals surface area contributed by atoms with Crippen LogP contribution < -0.4 is 9.47 Å². The Bertz CT molecular complexity index is 1150. The Kier molecular flexibility index (Phi) is 5.63. The van der Waals surface area contributed by atoms with Crippen LogP contribution in [0.2, 0.25) is 0 Å². The van der Waals surface area contributed by atoms with E-state index in [2.05, 4.69) is 42.5 Å². The molecule has 0 N–H and O–H groups in total. The third-order valence-corrected chi connectivity index (χ3v) is 7.25. The summed E-state index contributed by atoms with van der Waals surface area (Å²) in [5.41, 5.74) is 4.02. The third kappa shape index (κ3) is 3.88. The zero-order chi connectivity index (χ0) is 22.2. The number of hydrogen-bond acceptors (Lipinski definition) is 6. The quantitative estimate of drug-likeness (QED) is 0.561. The Morgan fingerprint density at radius 1 is 1.16 bits per heavy atom. The van der Waals surface area contributed by atoms with Crippen molar-refractivity contribution in [3.8, 4) is 11.5 Å². The number of fused-ring (bicyclic) bond motifs is 2. The summed E-state index contributed by atoms with van der Waals surface area (Å²) < 4.78 is 13.2. The fourth-order valence-electron chi connectivity index (χ4n) is 4.33. The van der Waals surface area contributed by atoms with Crippen LogP contribution in [0.3, 0.4) is 0 Å². The zero-order valence-electron chi connectivity index (χ0n) is 18.8. The molecule has 0 bridgehead atoms. The molecule has 0 fully saturated rings. The van der Waals surface area contributed by atoms with Crippen LogP contribution in [0.1, 0.15) is 65.0 Å². The first-order valence-corrected chi connectivity index (χ1v) is 12.1. The van der Waals surface area contributed by atoms with E-state index in [4.69, 9.17) is 14.5 Å². The molecule has 0 spiro atoms. The van der Waals surface area contributed by atoms with E-state index in [0.29, 0.717) is 31.5 Å². The Balaban J connectivity index is 1.31. The molecule has 0 unspecified atom stereocenters. The molecule has 32 heavy (non-hydrogen) atoms. The van der Waals surface area contributed by atoms with Crippen molar-refractivity contribution in [1.29, 1.82) is 0 Å². The molecule has 2 aliphatic rings. The molecule has 5 rings (SSSR count). The van der Waals surface area contributed by atoms with Crippen molar-refractivity contribution in [3.05, 3.63) is 57.1 Å². The second-order valence-corrected chi connectivity index (χ2v) is 9.46. The highest BCUT2D eigenvalue weighted by molar-refractivity contribution is 7.09. The highest BCUT2D eigenvalue weighted by Gasteiger charge is 2.28. The molecule has 168 valence electrons. The molecule has 0 atom stereocenters. The number of aromatic nitrogens is 3. The molecule has 7 nitrogen and oxygen atoms in total. The van der Waals surface area contributed by atoms with Gasteiger partial charge in [-0.3, -0.25) is 4.79 Å². The summed E-state index contributed by atoms with van der Waals surface area (Å²) in [6.45, 7) is 8.66. The number of carbonyl (C=O) groups excluding carboxylic acids is 1. The van der Waals surface area contributed by atoms with Gasteiger partial charge in [0.15, 0.2) is 11.5 Å². The number of rotatable bonds is 6. The summed E-state index contributed by atoms with van der Waals surface area (Å²) >= 11 is 1.57. The number of amides is 1. The lowest BCUT2D eigenvalue weighted by molar-refractivity contribution is 0.0704. The molecule has 2 aromatic heterocycles. The van der Waals surface area contributed by atoms with Gasteiger partial charge >= 0.3 is 0 Å². The first-order chi connectivity index (χ1) is 15.5. The Morgan fingerprint density at radius 3 is 2.78 bits per heavy atom. The van der Waals surface area contributed by atoms with Crippen molar-refractivity contribution >= 4 is 17.2 Å². The topological polar surface area (TPSA) is 69.5 Å². The minimum atomic E-state index is 0.0181. The molecule has 0 radical (unpaired) electrons. The lowest BCUT2D eigenvalue weighted by Crippen LogP contribution is -2.39. The Hall–Kier alpha value is -2.87. The first-order valence-electron chi connectivity index (χ1n) is 11.2. The summed E-state index contributed by atoms with van der Waals surface area (Å²) in [7, 11) is 0. The van der Waals surface area contributed by atoms with E-state index in [1.54, 1.807) is 11.3 Å². The number of nitrogens with zero attached hydrogens (tertiary/aromatic N) is 4. The van der Waals surface area contributed by atoms with Crippen LogP contribution in [0.4, 0.5) is 0 Å². The van der Waals surface area contributed by atoms with Gasteiger partial charge in [-0.15, -0.1) is 11.3 Å². The molecule has 1 amide bonds. The number of ether oxygens (including phenoxy) is 2. The fourth-order valence-corrected chi connectivity index (χ4v) is 5.14. The molecule has 0 saturated carbocycles. The van der Waals surface area contributed by atoms with Gasteiger partial charge in [0.25, 0.3) is 5.91 Å². The van der Waals surface area contributed by atoms with Gasteiger partial charge < -0.3 is 18.9 Å². The van der Waals surface area contributed by atoms with Gasteiger partial charge in [-0.1, -0.05) is 26.8 Å². The van der Waals surface area contributed by atoms with E-state index in [1.807, 2.05) is 16.3 Å². The number of hydrogen-bond donors (Lipinski definition) is 0. The van der Waals surface area contributed by atoms with E-state index in [9.17, 15) is 4.79 Å². The van der Waals surface area contributed by atoms with Crippen LogP contribution in [0.25, 0.3) is 0 Å². The SMILES string of the molecule is CCc1nc(CCc2ccc3c(c2)OCO3)n2c1CN(C(=O)c1csc(C(C)C)n1)CC2. The van der Waals surface area contributed by atoms with Gasteiger partial charge in [0.2, 0.25) is 6.79 Å². The maximum atomic E-state index is 13.1. The number of benzene rings is 1. The zero-order valence-corrected chi connectivity index (χ0v) is 19.6. The molecular weight excluding hydrogens is 424 g/mol. The van der Waals surface area contributed by atoms with E-state index in [-0.39, 0.29) is 5.91 Å². The van der Waals surface area contributed by atoms with Crippen LogP contribution in [0.15, 0.2) is 23.6 Å². The van der Waals surface area contributed by atoms with Crippen LogP contribution in [-0.2, 0) is 32.4 Å². The van der Waals surface area contributed by atoms with Crippen LogP contribution in [0, 0.1) is 0 Å². The van der Waals surface area contributed by atoms with Gasteiger partial charge in [0.05, 0.1) is 22.9 Å². The minimum absolute atomic E-state index is 0.0181. The van der Waals surface area contributed by atoms with Crippen molar-refractivity contribution in [1.82, 2.24) is 19.4 Å². The second-order valence-electron chi connectivity index (χ2n) is 8.57. The summed E-state index contributed by atoms with van der Waals surface area (Å²) in [4.78, 5) is 24.5. The molecule has 0 saturated heterocycles. The maximum absolute atomic E-state index is 13.1. The maximum Gasteiger partial charge on any atom is 0.273 e. The largest absolute Gasteiger partial charge is 0.454 e. The van der Waals surface area contributed by atoms with Gasteiger partial charge in [-0.25, -0.2) is 9.97 Å². The highest BCUT2D eigenvalue weighted by atomic mass is 32.1. The average Bonchev–Trinajstić information content (AvgIpc) is 3.54. The number of thiazole rings is 1. The van der Waals surface area contributed by atoms with Crippen LogP contribution >= 0.6 is 11.3 Å². The molecular formula is C24H28N4O3S. The van der Waals surface area contributed by atoms with Crippen molar-refractivity contribution in [2.45, 2.75) is 59.0 Å². The average molecular weight is 453 g/mol. The van der Waals surface area contributed by atoms with Crippen LogP contribution in [-0.4, -0.2) is 38.7 Å². The van der Waals surface area contributed by atoms with E-state index in [1.165, 1.54) is 5.56 Å². The summed E-state index contributed by atoms with van der Waals surface area (Å²) in [5, 5.41) is 2.90. The monoisotopic (exact) mass is 452 g/mol. The highest BCUT2D eigenvalue weighted by Crippen LogP contribution is 2.33.